The highest BCUT2D eigenvalue weighted by Gasteiger charge is 2.11. The van der Waals surface area contributed by atoms with E-state index in [9.17, 15) is 18.0 Å². The van der Waals surface area contributed by atoms with Crippen LogP contribution in [-0.4, -0.2) is 11.7 Å². The fourth-order valence-electron chi connectivity index (χ4n) is 0.953. The Hall–Kier alpha value is -1.17. The van der Waals surface area contributed by atoms with Crippen LogP contribution in [0, 0.1) is 17.5 Å². The van der Waals surface area contributed by atoms with Gasteiger partial charge in [0.1, 0.15) is 0 Å². The number of benzene rings is 1. The van der Waals surface area contributed by atoms with E-state index in [1.54, 1.807) is 0 Å². The molecule has 0 aliphatic heterocycles. The second-order valence-electron chi connectivity index (χ2n) is 2.78. The predicted molar refractivity (Wildman–Crippen MR) is 53.4 cm³/mol. The predicted octanol–water partition coefficient (Wildman–Crippen LogP) is 2.36. The summed E-state index contributed by atoms with van der Waals surface area (Å²) in [6, 6.07) is 1.43. The Labute approximate surface area is 89.9 Å². The van der Waals surface area contributed by atoms with Crippen molar-refractivity contribution in [1.82, 2.24) is 0 Å². The number of anilines is 1. The quantitative estimate of drug-likeness (QED) is 0.611. The third-order valence-corrected chi connectivity index (χ3v) is 1.83. The van der Waals surface area contributed by atoms with Gasteiger partial charge in [-0.1, -0.05) is 0 Å². The second kappa shape index (κ2) is 5.06. The Kier molecular flexibility index (Phi) is 4.02. The van der Waals surface area contributed by atoms with Crippen molar-refractivity contribution in [3.63, 3.8) is 0 Å². The van der Waals surface area contributed by atoms with Crippen molar-refractivity contribution in [3.05, 3.63) is 29.6 Å². The summed E-state index contributed by atoms with van der Waals surface area (Å²) in [5.41, 5.74) is -0.113. The minimum atomic E-state index is -1.55. The van der Waals surface area contributed by atoms with Gasteiger partial charge in [0.05, 0.1) is 0 Å². The third-order valence-electron chi connectivity index (χ3n) is 1.61. The van der Waals surface area contributed by atoms with Crippen LogP contribution in [0.2, 0.25) is 0 Å². The van der Waals surface area contributed by atoms with Gasteiger partial charge >= 0.3 is 0 Å². The normalized spacial score (nSPS) is 10.1. The van der Waals surface area contributed by atoms with Gasteiger partial charge in [-0.25, -0.2) is 13.2 Å². The van der Waals surface area contributed by atoms with Crippen molar-refractivity contribution < 1.29 is 18.0 Å². The highest BCUT2D eigenvalue weighted by Crippen LogP contribution is 2.17. The van der Waals surface area contributed by atoms with Crippen molar-refractivity contribution in [2.75, 3.05) is 11.1 Å². The van der Waals surface area contributed by atoms with Gasteiger partial charge in [0.25, 0.3) is 0 Å². The van der Waals surface area contributed by atoms with Crippen LogP contribution in [0.3, 0.4) is 0 Å². The van der Waals surface area contributed by atoms with Crippen LogP contribution >= 0.6 is 12.6 Å². The molecule has 0 aliphatic rings. The summed E-state index contributed by atoms with van der Waals surface area (Å²) in [5, 5.41) is 2.22. The molecule has 15 heavy (non-hydrogen) atoms. The van der Waals surface area contributed by atoms with E-state index < -0.39 is 23.4 Å². The van der Waals surface area contributed by atoms with E-state index in [1.807, 2.05) is 0 Å². The fraction of sp³-hybridized carbons (Fsp3) is 0.222. The molecule has 1 N–H and O–H groups in total. The number of amides is 1. The maximum Gasteiger partial charge on any atom is 0.225 e. The van der Waals surface area contributed by atoms with Crippen LogP contribution in [0.1, 0.15) is 6.42 Å². The molecular formula is C9H8F3NOS. The molecule has 1 aromatic carbocycles. The molecule has 82 valence electrons. The van der Waals surface area contributed by atoms with E-state index in [1.165, 1.54) is 0 Å². The van der Waals surface area contributed by atoms with Gasteiger partial charge in [0.2, 0.25) is 5.91 Å². The van der Waals surface area contributed by atoms with Gasteiger partial charge in [0, 0.05) is 24.2 Å². The number of thiol groups is 1. The first-order valence-corrected chi connectivity index (χ1v) is 4.73. The first kappa shape index (κ1) is 11.9. The van der Waals surface area contributed by atoms with Gasteiger partial charge < -0.3 is 5.32 Å². The highest BCUT2D eigenvalue weighted by molar-refractivity contribution is 7.80. The largest absolute Gasteiger partial charge is 0.326 e. The molecule has 0 unspecified atom stereocenters. The Morgan fingerprint density at radius 3 is 2.27 bits per heavy atom. The molecule has 2 nitrogen and oxygen atoms in total. The van der Waals surface area contributed by atoms with E-state index in [0.717, 1.165) is 12.1 Å². The van der Waals surface area contributed by atoms with Gasteiger partial charge in [-0.15, -0.1) is 0 Å². The summed E-state index contributed by atoms with van der Waals surface area (Å²) in [4.78, 5) is 11.0. The van der Waals surface area contributed by atoms with E-state index in [-0.39, 0.29) is 12.1 Å². The number of carbonyl (C=O) groups excluding carboxylic acids is 1. The van der Waals surface area contributed by atoms with E-state index in [0.29, 0.717) is 5.75 Å². The van der Waals surface area contributed by atoms with Crippen molar-refractivity contribution in [1.29, 1.82) is 0 Å². The minimum Gasteiger partial charge on any atom is -0.326 e. The highest BCUT2D eigenvalue weighted by atomic mass is 32.1. The van der Waals surface area contributed by atoms with Crippen LogP contribution in [-0.2, 0) is 4.79 Å². The number of rotatable bonds is 3. The fourth-order valence-corrected chi connectivity index (χ4v) is 1.16. The van der Waals surface area contributed by atoms with Crippen LogP contribution in [0.25, 0.3) is 0 Å². The summed E-state index contributed by atoms with van der Waals surface area (Å²) in [6.07, 6.45) is 0.115. The zero-order valence-corrected chi connectivity index (χ0v) is 8.45. The summed E-state index contributed by atoms with van der Waals surface area (Å²) < 4.78 is 37.9. The molecule has 0 heterocycles. The SMILES string of the molecule is O=C(CCS)Nc1cc(F)c(F)c(F)c1. The third kappa shape index (κ3) is 3.16. The van der Waals surface area contributed by atoms with Crippen LogP contribution in [0.5, 0.6) is 0 Å². The number of hydrogen-bond acceptors (Lipinski definition) is 2. The minimum absolute atomic E-state index is 0.113. The second-order valence-corrected chi connectivity index (χ2v) is 3.22. The topological polar surface area (TPSA) is 29.1 Å². The lowest BCUT2D eigenvalue weighted by Gasteiger charge is -2.05. The first-order valence-electron chi connectivity index (χ1n) is 4.10. The molecule has 0 saturated heterocycles. The zero-order chi connectivity index (χ0) is 11.4. The zero-order valence-electron chi connectivity index (χ0n) is 7.56. The van der Waals surface area contributed by atoms with Gasteiger partial charge in [0.15, 0.2) is 17.5 Å². The maximum atomic E-state index is 12.7. The molecule has 0 bridgehead atoms. The van der Waals surface area contributed by atoms with Crippen molar-refractivity contribution >= 4 is 24.2 Å². The molecule has 0 saturated carbocycles. The number of carbonyl (C=O) groups is 1. The van der Waals surface area contributed by atoms with Gasteiger partial charge in [-0.2, -0.15) is 12.6 Å². The van der Waals surface area contributed by atoms with Crippen LogP contribution in [0.15, 0.2) is 12.1 Å². The molecule has 0 atom stereocenters. The lowest BCUT2D eigenvalue weighted by Crippen LogP contribution is -2.12. The standard InChI is InChI=1S/C9H8F3NOS/c10-6-3-5(4-7(11)9(6)12)13-8(14)1-2-15/h3-4,15H,1-2H2,(H,13,14). The Morgan fingerprint density at radius 2 is 1.80 bits per heavy atom. The van der Waals surface area contributed by atoms with E-state index in [4.69, 9.17) is 0 Å². The van der Waals surface area contributed by atoms with E-state index >= 15 is 0 Å². The van der Waals surface area contributed by atoms with Gasteiger partial charge in [-0.3, -0.25) is 4.79 Å². The van der Waals surface area contributed by atoms with Crippen molar-refractivity contribution in [3.8, 4) is 0 Å². The molecule has 0 radical (unpaired) electrons. The van der Waals surface area contributed by atoms with Crippen LogP contribution < -0.4 is 5.32 Å². The molecule has 1 aromatic rings. The average Bonchev–Trinajstić information content (AvgIpc) is 2.14. The molecule has 0 spiro atoms. The lowest BCUT2D eigenvalue weighted by molar-refractivity contribution is -0.115. The Bertz CT molecular complexity index is 361. The van der Waals surface area contributed by atoms with Gasteiger partial charge in [-0.05, 0) is 5.75 Å². The molecule has 6 heteroatoms. The summed E-state index contributed by atoms with van der Waals surface area (Å²) in [6.45, 7) is 0. The molecular weight excluding hydrogens is 227 g/mol. The molecule has 1 rings (SSSR count). The Balaban J connectivity index is 2.83. The molecule has 0 aliphatic carbocycles. The van der Waals surface area contributed by atoms with E-state index in [2.05, 4.69) is 17.9 Å². The average molecular weight is 235 g/mol. The summed E-state index contributed by atoms with van der Waals surface area (Å²) >= 11 is 3.81. The monoisotopic (exact) mass is 235 g/mol. The first-order chi connectivity index (χ1) is 7.04. The number of nitrogens with one attached hydrogen (secondary N) is 1. The molecule has 0 fully saturated rings. The molecule has 1 amide bonds. The molecule has 0 aromatic heterocycles. The number of hydrogen-bond donors (Lipinski definition) is 2. The van der Waals surface area contributed by atoms with Crippen molar-refractivity contribution in [2.24, 2.45) is 0 Å². The lowest BCUT2D eigenvalue weighted by atomic mass is 10.2. The summed E-state index contributed by atoms with van der Waals surface area (Å²) in [7, 11) is 0. The maximum absolute atomic E-state index is 12.7. The number of halogens is 3. The van der Waals surface area contributed by atoms with Crippen molar-refractivity contribution in [2.45, 2.75) is 6.42 Å². The Morgan fingerprint density at radius 1 is 1.27 bits per heavy atom. The van der Waals surface area contributed by atoms with Crippen LogP contribution in [0.4, 0.5) is 18.9 Å². The summed E-state index contributed by atoms with van der Waals surface area (Å²) in [5.74, 6) is -4.34. The smallest absolute Gasteiger partial charge is 0.225 e.